The summed E-state index contributed by atoms with van der Waals surface area (Å²) in [6, 6.07) is 7.32. The number of sulfonamides is 1. The second-order valence-electron chi connectivity index (χ2n) is 6.72. The molecule has 0 saturated heterocycles. The average Bonchev–Trinajstić information content (AvgIpc) is 3.12. The molecule has 7 nitrogen and oxygen atoms in total. The van der Waals surface area contributed by atoms with Gasteiger partial charge in [0.05, 0.1) is 9.79 Å². The van der Waals surface area contributed by atoms with Gasteiger partial charge in [0.25, 0.3) is 0 Å². The molecule has 152 valence electrons. The van der Waals surface area contributed by atoms with E-state index in [0.717, 1.165) is 38.0 Å². The van der Waals surface area contributed by atoms with Gasteiger partial charge in [-0.05, 0) is 71.4 Å². The van der Waals surface area contributed by atoms with Crippen LogP contribution in [0.15, 0.2) is 50.8 Å². The van der Waals surface area contributed by atoms with Crippen LogP contribution in [0.5, 0.6) is 5.88 Å². The fraction of sp³-hybridized carbons (Fsp3) is 0.389. The molecule has 0 bridgehead atoms. The molecule has 0 atom stereocenters. The third-order valence-corrected chi connectivity index (χ3v) is 7.98. The minimum absolute atomic E-state index is 0.0292. The second kappa shape index (κ2) is 8.48. The van der Waals surface area contributed by atoms with Crippen LogP contribution in [0.25, 0.3) is 0 Å². The molecule has 0 spiro atoms. The number of nitrogens with one attached hydrogen (secondary N) is 1. The van der Waals surface area contributed by atoms with E-state index in [-0.39, 0.29) is 26.9 Å². The lowest BCUT2D eigenvalue weighted by Crippen LogP contribution is -2.24. The average molecular weight is 489 g/mol. The Bertz CT molecular complexity index is 1070. The largest absolute Gasteiger partial charge is 0.474 e. The van der Waals surface area contributed by atoms with Crippen molar-refractivity contribution >= 4 is 35.8 Å². The van der Waals surface area contributed by atoms with Gasteiger partial charge in [-0.15, -0.1) is 0 Å². The van der Waals surface area contributed by atoms with Crippen LogP contribution < -0.4 is 9.46 Å². The van der Waals surface area contributed by atoms with Crippen molar-refractivity contribution in [3.63, 3.8) is 0 Å². The molecule has 1 aliphatic rings. The molecule has 1 aliphatic carbocycles. The number of benzene rings is 1. The summed E-state index contributed by atoms with van der Waals surface area (Å²) in [5, 5.41) is 0. The van der Waals surface area contributed by atoms with Crippen LogP contribution in [0.3, 0.4) is 0 Å². The van der Waals surface area contributed by atoms with E-state index in [9.17, 15) is 16.8 Å². The first-order valence-electron chi connectivity index (χ1n) is 8.76. The first-order chi connectivity index (χ1) is 13.1. The van der Waals surface area contributed by atoms with Gasteiger partial charge in [-0.2, -0.15) is 0 Å². The van der Waals surface area contributed by atoms with E-state index in [1.807, 2.05) is 0 Å². The van der Waals surface area contributed by atoms with Gasteiger partial charge in [0.2, 0.25) is 15.9 Å². The van der Waals surface area contributed by atoms with Crippen LogP contribution in [-0.4, -0.2) is 34.2 Å². The first kappa shape index (κ1) is 21.2. The van der Waals surface area contributed by atoms with Crippen molar-refractivity contribution in [3.05, 3.63) is 46.6 Å². The second-order valence-corrected chi connectivity index (χ2v) is 11.3. The number of aromatic nitrogens is 1. The van der Waals surface area contributed by atoms with Crippen molar-refractivity contribution in [2.24, 2.45) is 0 Å². The van der Waals surface area contributed by atoms with Crippen molar-refractivity contribution in [1.82, 2.24) is 9.71 Å². The predicted molar refractivity (Wildman–Crippen MR) is 108 cm³/mol. The number of nitrogens with zero attached hydrogens (tertiary/aromatic N) is 1. The maximum Gasteiger partial charge on any atom is 0.242 e. The molecule has 10 heteroatoms. The Morgan fingerprint density at radius 3 is 2.54 bits per heavy atom. The molecule has 1 aromatic carbocycles. The van der Waals surface area contributed by atoms with E-state index >= 15 is 0 Å². The van der Waals surface area contributed by atoms with Crippen molar-refractivity contribution < 1.29 is 21.6 Å². The highest BCUT2D eigenvalue weighted by Crippen LogP contribution is 2.26. The Balaban J connectivity index is 1.75. The maximum absolute atomic E-state index is 12.7. The quantitative estimate of drug-likeness (QED) is 0.642. The molecule has 28 heavy (non-hydrogen) atoms. The highest BCUT2D eigenvalue weighted by Gasteiger charge is 2.21. The van der Waals surface area contributed by atoms with E-state index in [2.05, 4.69) is 25.6 Å². The molecule has 0 radical (unpaired) electrons. The van der Waals surface area contributed by atoms with Gasteiger partial charge < -0.3 is 4.74 Å². The van der Waals surface area contributed by atoms with Crippen molar-refractivity contribution in [2.45, 2.75) is 48.1 Å². The number of pyridine rings is 1. The maximum atomic E-state index is 12.7. The fourth-order valence-electron chi connectivity index (χ4n) is 2.98. The number of hydrogen-bond donors (Lipinski definition) is 1. The van der Waals surface area contributed by atoms with Crippen LogP contribution in [0.1, 0.15) is 31.2 Å². The summed E-state index contributed by atoms with van der Waals surface area (Å²) in [6.07, 6.45) is 7.06. The first-order valence-corrected chi connectivity index (χ1v) is 12.9. The Morgan fingerprint density at radius 2 is 1.86 bits per heavy atom. The van der Waals surface area contributed by atoms with E-state index in [0.29, 0.717) is 11.4 Å². The number of halogens is 1. The molecular formula is C18H21BrN2O5S2. The minimum Gasteiger partial charge on any atom is -0.474 e. The topological polar surface area (TPSA) is 102 Å². The highest BCUT2D eigenvalue weighted by molar-refractivity contribution is 9.10. The third-order valence-electron chi connectivity index (χ3n) is 4.48. The SMILES string of the molecule is CS(=O)(=O)c1ccc(Br)c(S(=O)(=O)NCc2ccnc(OC3CCCC3)c2)c1. The minimum atomic E-state index is -3.93. The fourth-order valence-corrected chi connectivity index (χ4v) is 5.70. The molecule has 1 N–H and O–H groups in total. The zero-order valence-electron chi connectivity index (χ0n) is 15.3. The number of hydrogen-bond acceptors (Lipinski definition) is 6. The lowest BCUT2D eigenvalue weighted by molar-refractivity contribution is 0.201. The van der Waals surface area contributed by atoms with Crippen molar-refractivity contribution in [2.75, 3.05) is 6.26 Å². The summed E-state index contributed by atoms with van der Waals surface area (Å²) in [4.78, 5) is 3.99. The summed E-state index contributed by atoms with van der Waals surface area (Å²) < 4.78 is 57.5. The van der Waals surface area contributed by atoms with Gasteiger partial charge in [-0.25, -0.2) is 26.5 Å². The number of rotatable bonds is 7. The van der Waals surface area contributed by atoms with Gasteiger partial charge in [0.1, 0.15) is 6.10 Å². The molecule has 0 amide bonds. The van der Waals surface area contributed by atoms with E-state index in [1.165, 1.54) is 12.1 Å². The molecule has 2 aromatic rings. The monoisotopic (exact) mass is 488 g/mol. The van der Waals surface area contributed by atoms with Crippen LogP contribution in [-0.2, 0) is 26.4 Å². The van der Waals surface area contributed by atoms with Crippen LogP contribution >= 0.6 is 15.9 Å². The smallest absolute Gasteiger partial charge is 0.242 e. The summed E-state index contributed by atoms with van der Waals surface area (Å²) in [5.41, 5.74) is 0.696. The van der Waals surface area contributed by atoms with Gasteiger partial charge >= 0.3 is 0 Å². The summed E-state index contributed by atoms with van der Waals surface area (Å²) >= 11 is 3.18. The molecule has 1 aromatic heterocycles. The summed E-state index contributed by atoms with van der Waals surface area (Å²) in [5.74, 6) is 0.476. The van der Waals surface area contributed by atoms with Gasteiger partial charge in [0.15, 0.2) is 9.84 Å². The molecule has 3 rings (SSSR count). The Hall–Kier alpha value is -1.49. The molecule has 0 unspecified atom stereocenters. The normalized spacial score (nSPS) is 15.6. The molecule has 1 fully saturated rings. The van der Waals surface area contributed by atoms with Crippen LogP contribution in [0.2, 0.25) is 0 Å². The van der Waals surface area contributed by atoms with Crippen LogP contribution in [0, 0.1) is 0 Å². The third kappa shape index (κ3) is 5.31. The zero-order valence-corrected chi connectivity index (χ0v) is 18.5. The molecular weight excluding hydrogens is 468 g/mol. The van der Waals surface area contributed by atoms with Gasteiger partial charge in [-0.3, -0.25) is 0 Å². The zero-order chi connectivity index (χ0) is 20.4. The standard InChI is InChI=1S/C18H21BrN2O5S2/c1-27(22,23)15-6-7-16(19)17(11-15)28(24,25)21-12-13-8-9-20-18(10-13)26-14-4-2-3-5-14/h6-11,14,21H,2-5,12H2,1H3. The van der Waals surface area contributed by atoms with E-state index < -0.39 is 19.9 Å². The summed E-state index contributed by atoms with van der Waals surface area (Å²) in [6.45, 7) is 0.0292. The lowest BCUT2D eigenvalue weighted by Gasteiger charge is -2.13. The number of sulfone groups is 1. The predicted octanol–water partition coefficient (Wildman–Crippen LogP) is 3.05. The Labute approximate surface area is 173 Å². The summed E-state index contributed by atoms with van der Waals surface area (Å²) in [7, 11) is -7.45. The highest BCUT2D eigenvalue weighted by atomic mass is 79.9. The van der Waals surface area contributed by atoms with Crippen molar-refractivity contribution in [3.8, 4) is 5.88 Å². The molecule has 1 saturated carbocycles. The van der Waals surface area contributed by atoms with Crippen LogP contribution in [0.4, 0.5) is 0 Å². The Morgan fingerprint density at radius 1 is 1.14 bits per heavy atom. The molecule has 1 heterocycles. The van der Waals surface area contributed by atoms with Gasteiger partial charge in [-0.1, -0.05) is 0 Å². The van der Waals surface area contributed by atoms with Crippen molar-refractivity contribution in [1.29, 1.82) is 0 Å². The van der Waals surface area contributed by atoms with E-state index in [4.69, 9.17) is 4.74 Å². The lowest BCUT2D eigenvalue weighted by atomic mass is 10.2. The Kier molecular flexibility index (Phi) is 6.43. The van der Waals surface area contributed by atoms with Gasteiger partial charge in [0, 0.05) is 29.5 Å². The molecule has 0 aliphatic heterocycles. The number of ether oxygens (including phenoxy) is 1. The van der Waals surface area contributed by atoms with E-state index in [1.54, 1.807) is 18.3 Å².